The first-order chi connectivity index (χ1) is 9.97. The summed E-state index contributed by atoms with van der Waals surface area (Å²) < 4.78 is 26.9. The molecule has 124 valence electrons. The van der Waals surface area contributed by atoms with Crippen LogP contribution in [0.1, 0.15) is 19.8 Å². The molecule has 0 bridgehead atoms. The minimum atomic E-state index is -3.49. The van der Waals surface area contributed by atoms with Crippen molar-refractivity contribution in [2.75, 3.05) is 31.5 Å². The number of halogens is 1. The molecule has 1 saturated heterocycles. The molecule has 1 amide bonds. The van der Waals surface area contributed by atoms with E-state index in [2.05, 4.69) is 14.9 Å². The van der Waals surface area contributed by atoms with E-state index in [1.165, 1.54) is 31.9 Å². The lowest BCUT2D eigenvalue weighted by atomic mass is 10.3. The van der Waals surface area contributed by atoms with Crippen molar-refractivity contribution in [1.82, 2.24) is 9.62 Å². The van der Waals surface area contributed by atoms with Crippen molar-refractivity contribution in [3.63, 3.8) is 0 Å². The van der Waals surface area contributed by atoms with E-state index < -0.39 is 10.0 Å². The number of benzene rings is 1. The number of nitrogens with one attached hydrogen (secondary N) is 2. The highest BCUT2D eigenvalue weighted by molar-refractivity contribution is 7.89. The van der Waals surface area contributed by atoms with Gasteiger partial charge in [0.1, 0.15) is 0 Å². The van der Waals surface area contributed by atoms with E-state index in [-0.39, 0.29) is 23.2 Å². The first kappa shape index (κ1) is 18.9. The van der Waals surface area contributed by atoms with E-state index in [1.807, 2.05) is 0 Å². The molecule has 0 spiro atoms. The molecular weight excluding hydrogens is 326 g/mol. The van der Waals surface area contributed by atoms with Gasteiger partial charge in [0, 0.05) is 25.7 Å². The van der Waals surface area contributed by atoms with Gasteiger partial charge >= 0.3 is 0 Å². The molecule has 1 aliphatic heterocycles. The third-order valence-corrected chi connectivity index (χ3v) is 4.88. The minimum absolute atomic E-state index is 0. The maximum Gasteiger partial charge on any atom is 0.240 e. The minimum Gasteiger partial charge on any atom is -0.326 e. The molecule has 0 saturated carbocycles. The Labute approximate surface area is 137 Å². The highest BCUT2D eigenvalue weighted by atomic mass is 35.5. The average molecular weight is 348 g/mol. The van der Waals surface area contributed by atoms with Crippen LogP contribution in [0.15, 0.2) is 29.2 Å². The number of nitrogens with zero attached hydrogens (tertiary/aromatic N) is 1. The first-order valence-corrected chi connectivity index (χ1v) is 8.55. The van der Waals surface area contributed by atoms with Gasteiger partial charge in [0.25, 0.3) is 0 Å². The summed E-state index contributed by atoms with van der Waals surface area (Å²) in [6.45, 7) is 4.66. The molecule has 1 aliphatic rings. The molecule has 2 N–H and O–H groups in total. The number of anilines is 1. The van der Waals surface area contributed by atoms with Crippen LogP contribution in [0.3, 0.4) is 0 Å². The molecule has 0 aromatic heterocycles. The van der Waals surface area contributed by atoms with E-state index in [0.717, 1.165) is 19.6 Å². The highest BCUT2D eigenvalue weighted by Gasteiger charge is 2.15. The summed E-state index contributed by atoms with van der Waals surface area (Å²) >= 11 is 0. The SMILES string of the molecule is CC(=O)Nc1ccc(S(=O)(=O)NCCN2CCCC2)cc1.Cl. The van der Waals surface area contributed by atoms with Crippen LogP contribution in [0.2, 0.25) is 0 Å². The third-order valence-electron chi connectivity index (χ3n) is 3.40. The zero-order valence-electron chi connectivity index (χ0n) is 12.5. The Kier molecular flexibility index (Phi) is 7.28. The van der Waals surface area contributed by atoms with Gasteiger partial charge in [-0.3, -0.25) is 4.79 Å². The van der Waals surface area contributed by atoms with Gasteiger partial charge < -0.3 is 10.2 Å². The standard InChI is InChI=1S/C14H21N3O3S.ClH/c1-12(18)16-13-4-6-14(7-5-13)21(19,20)15-8-11-17-9-2-3-10-17;/h4-7,15H,2-3,8-11H2,1H3,(H,16,18);1H. The molecule has 1 aromatic carbocycles. The highest BCUT2D eigenvalue weighted by Crippen LogP contribution is 2.14. The fourth-order valence-electron chi connectivity index (χ4n) is 2.35. The van der Waals surface area contributed by atoms with Gasteiger partial charge in [0.05, 0.1) is 4.90 Å². The lowest BCUT2D eigenvalue weighted by Crippen LogP contribution is -2.33. The molecule has 0 unspecified atom stereocenters. The number of carbonyl (C=O) groups excluding carboxylic acids is 1. The Hall–Kier alpha value is -1.15. The van der Waals surface area contributed by atoms with E-state index in [9.17, 15) is 13.2 Å². The zero-order chi connectivity index (χ0) is 15.3. The second-order valence-electron chi connectivity index (χ2n) is 5.15. The number of amides is 1. The van der Waals surface area contributed by atoms with Gasteiger partial charge in [0.2, 0.25) is 15.9 Å². The van der Waals surface area contributed by atoms with Crippen LogP contribution < -0.4 is 10.0 Å². The van der Waals surface area contributed by atoms with Crippen molar-refractivity contribution in [2.24, 2.45) is 0 Å². The summed E-state index contributed by atoms with van der Waals surface area (Å²) in [5.41, 5.74) is 0.582. The first-order valence-electron chi connectivity index (χ1n) is 7.07. The monoisotopic (exact) mass is 347 g/mol. The van der Waals surface area contributed by atoms with E-state index in [0.29, 0.717) is 12.2 Å². The average Bonchev–Trinajstić information content (AvgIpc) is 2.91. The number of rotatable bonds is 6. The van der Waals surface area contributed by atoms with Gasteiger partial charge in [-0.15, -0.1) is 12.4 Å². The van der Waals surface area contributed by atoms with Gasteiger partial charge in [-0.05, 0) is 50.2 Å². The number of hydrogen-bond acceptors (Lipinski definition) is 4. The van der Waals surface area contributed by atoms with Gasteiger partial charge in [-0.2, -0.15) is 0 Å². The van der Waals surface area contributed by atoms with Crippen LogP contribution in [0, 0.1) is 0 Å². The maximum atomic E-state index is 12.1. The van der Waals surface area contributed by atoms with Gasteiger partial charge in [-0.1, -0.05) is 0 Å². The van der Waals surface area contributed by atoms with Gasteiger partial charge in [-0.25, -0.2) is 13.1 Å². The van der Waals surface area contributed by atoms with Crippen LogP contribution in [0.25, 0.3) is 0 Å². The molecule has 6 nitrogen and oxygen atoms in total. The predicted molar refractivity (Wildman–Crippen MR) is 88.9 cm³/mol. The normalized spacial score (nSPS) is 15.3. The summed E-state index contributed by atoms with van der Waals surface area (Å²) in [5, 5.41) is 2.60. The quantitative estimate of drug-likeness (QED) is 0.816. The Morgan fingerprint density at radius 3 is 2.32 bits per heavy atom. The smallest absolute Gasteiger partial charge is 0.240 e. The number of likely N-dealkylation sites (tertiary alicyclic amines) is 1. The summed E-state index contributed by atoms with van der Waals surface area (Å²) in [4.78, 5) is 13.4. The number of hydrogen-bond donors (Lipinski definition) is 2. The van der Waals surface area contributed by atoms with Crippen LogP contribution in [-0.4, -0.2) is 45.4 Å². The van der Waals surface area contributed by atoms with Gasteiger partial charge in [0.15, 0.2) is 0 Å². The topological polar surface area (TPSA) is 78.5 Å². The molecule has 0 radical (unpaired) electrons. The van der Waals surface area contributed by atoms with E-state index in [1.54, 1.807) is 12.1 Å². The molecule has 0 aliphatic carbocycles. The lowest BCUT2D eigenvalue weighted by molar-refractivity contribution is -0.114. The van der Waals surface area contributed by atoms with Crippen molar-refractivity contribution >= 4 is 34.0 Å². The maximum absolute atomic E-state index is 12.1. The summed E-state index contributed by atoms with van der Waals surface area (Å²) in [5.74, 6) is -0.186. The van der Waals surface area contributed by atoms with Crippen LogP contribution in [0.4, 0.5) is 5.69 Å². The Morgan fingerprint density at radius 1 is 1.18 bits per heavy atom. The summed E-state index contributed by atoms with van der Waals surface area (Å²) in [6, 6.07) is 6.14. The van der Waals surface area contributed by atoms with Crippen molar-refractivity contribution in [3.8, 4) is 0 Å². The second-order valence-corrected chi connectivity index (χ2v) is 6.92. The lowest BCUT2D eigenvalue weighted by Gasteiger charge is -2.15. The predicted octanol–water partition coefficient (Wildman–Crippen LogP) is 1.44. The molecule has 8 heteroatoms. The van der Waals surface area contributed by atoms with Crippen molar-refractivity contribution in [2.45, 2.75) is 24.7 Å². The fraction of sp³-hybridized carbons (Fsp3) is 0.500. The summed E-state index contributed by atoms with van der Waals surface area (Å²) in [6.07, 6.45) is 2.38. The van der Waals surface area contributed by atoms with Crippen molar-refractivity contribution in [3.05, 3.63) is 24.3 Å². The molecule has 22 heavy (non-hydrogen) atoms. The Morgan fingerprint density at radius 2 is 1.77 bits per heavy atom. The van der Waals surface area contributed by atoms with Crippen LogP contribution in [0.5, 0.6) is 0 Å². The molecule has 1 heterocycles. The molecule has 0 atom stereocenters. The van der Waals surface area contributed by atoms with Crippen LogP contribution in [-0.2, 0) is 14.8 Å². The zero-order valence-corrected chi connectivity index (χ0v) is 14.2. The second kappa shape index (κ2) is 8.47. The summed E-state index contributed by atoms with van der Waals surface area (Å²) in [7, 11) is -3.49. The molecule has 1 fully saturated rings. The molecule has 2 rings (SSSR count). The third kappa shape index (κ3) is 5.57. The van der Waals surface area contributed by atoms with Crippen LogP contribution >= 0.6 is 12.4 Å². The van der Waals surface area contributed by atoms with Crippen molar-refractivity contribution < 1.29 is 13.2 Å². The van der Waals surface area contributed by atoms with E-state index in [4.69, 9.17) is 0 Å². The molecule has 1 aromatic rings. The largest absolute Gasteiger partial charge is 0.326 e. The Balaban J connectivity index is 0.00000242. The fourth-order valence-corrected chi connectivity index (χ4v) is 3.37. The van der Waals surface area contributed by atoms with Crippen molar-refractivity contribution in [1.29, 1.82) is 0 Å². The number of sulfonamides is 1. The molecular formula is C14H22ClN3O3S. The number of carbonyl (C=O) groups is 1. The Bertz CT molecular complexity index is 584. The van der Waals surface area contributed by atoms with E-state index >= 15 is 0 Å².